The fourth-order valence-corrected chi connectivity index (χ4v) is 6.43. The molecule has 0 atom stereocenters. The summed E-state index contributed by atoms with van der Waals surface area (Å²) in [6, 6.07) is 30.5. The number of aliphatic carboxylic acids is 1. The largest absolute Gasteiger partial charge is 0.481 e. The maximum Gasteiger partial charge on any atom is 0.314 e. The summed E-state index contributed by atoms with van der Waals surface area (Å²) in [5.41, 5.74) is -1.05. The Morgan fingerprint density at radius 2 is 1.11 bits per heavy atom. The van der Waals surface area contributed by atoms with Crippen LogP contribution in [0.3, 0.4) is 0 Å². The number of carboxylic acids is 1. The Morgan fingerprint density at radius 1 is 0.778 bits per heavy atom. The van der Waals surface area contributed by atoms with Gasteiger partial charge in [-0.2, -0.15) is 0 Å². The summed E-state index contributed by atoms with van der Waals surface area (Å²) >= 11 is 0. The minimum atomic E-state index is -2.38. The van der Waals surface area contributed by atoms with Crippen LogP contribution in [0.15, 0.2) is 95.8 Å². The van der Waals surface area contributed by atoms with Crippen LogP contribution in [0.25, 0.3) is 0 Å². The Labute approximate surface area is 160 Å². The molecule has 0 spiro atoms. The predicted molar refractivity (Wildman–Crippen MR) is 115 cm³/mol. The van der Waals surface area contributed by atoms with Gasteiger partial charge in [-0.1, -0.05) is 54.6 Å². The number of benzene rings is 3. The van der Waals surface area contributed by atoms with Gasteiger partial charge in [0.15, 0.2) is 0 Å². The second kappa shape index (κ2) is 7.85. The second-order valence-corrected chi connectivity index (χ2v) is 9.96. The Balaban J connectivity index is 2.33. The molecule has 3 nitrogen and oxygen atoms in total. The van der Waals surface area contributed by atoms with E-state index in [4.69, 9.17) is 4.76 Å². The Hall–Kier alpha value is -2.77. The highest BCUT2D eigenvalue weighted by Gasteiger charge is 2.46. The van der Waals surface area contributed by atoms with Crippen LogP contribution in [0.4, 0.5) is 0 Å². The zero-order valence-corrected chi connectivity index (χ0v) is 16.4. The van der Waals surface area contributed by atoms with Crippen LogP contribution >= 0.6 is 7.41 Å². The van der Waals surface area contributed by atoms with Gasteiger partial charge in [-0.15, -0.1) is 4.76 Å². The maximum atomic E-state index is 11.7. The van der Waals surface area contributed by atoms with Crippen LogP contribution in [0.1, 0.15) is 13.8 Å². The van der Waals surface area contributed by atoms with Crippen molar-refractivity contribution in [3.05, 3.63) is 91.0 Å². The van der Waals surface area contributed by atoms with Crippen molar-refractivity contribution >= 4 is 35.5 Å². The molecule has 27 heavy (non-hydrogen) atoms. The van der Waals surface area contributed by atoms with E-state index in [2.05, 4.69) is 36.4 Å². The summed E-state index contributed by atoms with van der Waals surface area (Å²) in [5.74, 6) is -0.890. The van der Waals surface area contributed by atoms with Crippen molar-refractivity contribution < 1.29 is 9.90 Å². The van der Waals surface area contributed by atoms with Crippen LogP contribution in [-0.2, 0) is 4.79 Å². The first-order chi connectivity index (χ1) is 13.0. The average Bonchev–Trinajstić information content (AvgIpc) is 2.71. The first-order valence-corrected chi connectivity index (χ1v) is 10.6. The molecule has 0 fully saturated rings. The van der Waals surface area contributed by atoms with E-state index in [0.717, 1.165) is 15.9 Å². The topological polar surface area (TPSA) is 49.7 Å². The zero-order valence-electron chi connectivity index (χ0n) is 15.5. The third-order valence-corrected chi connectivity index (χ3v) is 8.09. The van der Waals surface area contributed by atoms with E-state index in [1.165, 1.54) is 0 Å². The SMILES string of the molecule is CC(C)(/C=N/[P+](c1ccccc1)(c1ccccc1)c1ccccc1)C(=O)O. The summed E-state index contributed by atoms with van der Waals surface area (Å²) in [4.78, 5) is 11.7. The van der Waals surface area contributed by atoms with Crippen LogP contribution in [0, 0.1) is 5.41 Å². The molecule has 0 radical (unpaired) electrons. The molecular weight excluding hydrogens is 353 g/mol. The van der Waals surface area contributed by atoms with Crippen LogP contribution < -0.4 is 15.9 Å². The number of carboxylic acid groups (broad SMARTS) is 1. The third kappa shape index (κ3) is 3.84. The normalized spacial score (nSPS) is 12.2. The molecule has 4 heteroatoms. The van der Waals surface area contributed by atoms with E-state index in [0.29, 0.717) is 0 Å². The van der Waals surface area contributed by atoms with Gasteiger partial charge in [-0.3, -0.25) is 4.79 Å². The van der Waals surface area contributed by atoms with Crippen molar-refractivity contribution in [2.75, 3.05) is 0 Å². The molecule has 0 bridgehead atoms. The van der Waals surface area contributed by atoms with E-state index in [-0.39, 0.29) is 0 Å². The smallest absolute Gasteiger partial charge is 0.314 e. The van der Waals surface area contributed by atoms with Gasteiger partial charge in [-0.25, -0.2) is 0 Å². The number of hydrogen-bond donors (Lipinski definition) is 1. The summed E-state index contributed by atoms with van der Waals surface area (Å²) in [6.45, 7) is 3.35. The molecule has 0 aliphatic heterocycles. The molecule has 3 aromatic carbocycles. The molecule has 136 valence electrons. The van der Waals surface area contributed by atoms with Crippen molar-refractivity contribution in [3.8, 4) is 0 Å². The van der Waals surface area contributed by atoms with Gasteiger partial charge in [0.25, 0.3) is 0 Å². The van der Waals surface area contributed by atoms with Crippen LogP contribution in [0.2, 0.25) is 0 Å². The first kappa shape index (κ1) is 19.0. The quantitative estimate of drug-likeness (QED) is 0.521. The minimum Gasteiger partial charge on any atom is -0.481 e. The van der Waals surface area contributed by atoms with Crippen molar-refractivity contribution in [3.63, 3.8) is 0 Å². The van der Waals surface area contributed by atoms with Gasteiger partial charge in [0, 0.05) is 0 Å². The lowest BCUT2D eigenvalue weighted by Crippen LogP contribution is -2.32. The molecule has 0 aromatic heterocycles. The molecule has 0 saturated heterocycles. The highest BCUT2D eigenvalue weighted by atomic mass is 31.2. The van der Waals surface area contributed by atoms with E-state index in [1.807, 2.05) is 54.6 Å². The average molecular weight is 376 g/mol. The molecule has 1 N–H and O–H groups in total. The molecule has 0 amide bonds. The molecule has 0 unspecified atom stereocenters. The number of rotatable bonds is 6. The highest BCUT2D eigenvalue weighted by molar-refractivity contribution is 7.94. The van der Waals surface area contributed by atoms with Crippen LogP contribution in [-0.4, -0.2) is 17.3 Å². The van der Waals surface area contributed by atoms with Gasteiger partial charge in [0.2, 0.25) is 7.41 Å². The number of hydrogen-bond acceptors (Lipinski definition) is 2. The zero-order chi connectivity index (χ0) is 19.3. The second-order valence-electron chi connectivity index (χ2n) is 6.91. The summed E-state index contributed by atoms with van der Waals surface area (Å²) in [5, 5.41) is 12.9. The lowest BCUT2D eigenvalue weighted by molar-refractivity contribution is -0.143. The van der Waals surface area contributed by atoms with Gasteiger partial charge in [-0.05, 0) is 50.2 Å². The molecule has 0 saturated carbocycles. The minimum absolute atomic E-state index is 0.890. The molecular formula is C23H23NO2P+. The summed E-state index contributed by atoms with van der Waals surface area (Å²) in [6.07, 6.45) is 1.61. The number of nitrogens with zero attached hydrogens (tertiary/aromatic N) is 1. The number of carbonyl (C=O) groups is 1. The highest BCUT2D eigenvalue weighted by Crippen LogP contribution is 2.57. The molecule has 0 aliphatic carbocycles. The summed E-state index contributed by atoms with van der Waals surface area (Å²) in [7, 11) is -2.38. The first-order valence-electron chi connectivity index (χ1n) is 8.83. The van der Waals surface area contributed by atoms with Gasteiger partial charge in [0.05, 0.1) is 6.21 Å². The fourth-order valence-electron chi connectivity index (χ4n) is 2.86. The fraction of sp³-hybridized carbons (Fsp3) is 0.130. The van der Waals surface area contributed by atoms with E-state index in [1.54, 1.807) is 20.1 Å². The van der Waals surface area contributed by atoms with E-state index >= 15 is 0 Å². The standard InChI is InChI=1S/C23H22NO2P/c1-23(2,22(25)26)18-24-27(19-12-6-3-7-13-19,20-14-8-4-9-15-20)21-16-10-5-11-17-21/h3-18H,1-2H3/p+1/b24-18+. The molecule has 0 heterocycles. The van der Waals surface area contributed by atoms with E-state index in [9.17, 15) is 9.90 Å². The molecule has 3 rings (SSSR count). The van der Waals surface area contributed by atoms with Crippen molar-refractivity contribution in [1.29, 1.82) is 0 Å². The third-order valence-electron chi connectivity index (χ3n) is 4.49. The van der Waals surface area contributed by atoms with Gasteiger partial charge in [0.1, 0.15) is 21.3 Å². The van der Waals surface area contributed by atoms with Crippen LogP contribution in [0.5, 0.6) is 0 Å². The Kier molecular flexibility index (Phi) is 5.53. The monoisotopic (exact) mass is 376 g/mol. The van der Waals surface area contributed by atoms with Gasteiger partial charge >= 0.3 is 5.97 Å². The van der Waals surface area contributed by atoms with E-state index < -0.39 is 18.8 Å². The Bertz CT molecular complexity index is 826. The van der Waals surface area contributed by atoms with Gasteiger partial charge < -0.3 is 5.11 Å². The van der Waals surface area contributed by atoms with Crippen molar-refractivity contribution in [2.45, 2.75) is 13.8 Å². The predicted octanol–water partition coefficient (Wildman–Crippen LogP) is 4.08. The van der Waals surface area contributed by atoms with Crippen molar-refractivity contribution in [2.24, 2.45) is 10.2 Å². The lowest BCUT2D eigenvalue weighted by Gasteiger charge is -2.23. The molecule has 0 aliphatic rings. The maximum absolute atomic E-state index is 11.7. The Morgan fingerprint density at radius 3 is 1.41 bits per heavy atom. The molecule has 3 aromatic rings. The lowest BCUT2D eigenvalue weighted by atomic mass is 9.96. The summed E-state index contributed by atoms with van der Waals surface area (Å²) < 4.78 is 5.06. The van der Waals surface area contributed by atoms with Crippen molar-refractivity contribution in [1.82, 2.24) is 0 Å².